The number of ether oxygens (including phenoxy) is 1. The lowest BCUT2D eigenvalue weighted by Gasteiger charge is -2.05. The monoisotopic (exact) mass is 298 g/mol. The number of rotatable bonds is 4. The summed E-state index contributed by atoms with van der Waals surface area (Å²) in [6.45, 7) is 3.09. The van der Waals surface area contributed by atoms with E-state index in [4.69, 9.17) is 4.74 Å². The van der Waals surface area contributed by atoms with Gasteiger partial charge in [-0.25, -0.2) is 4.39 Å². The summed E-state index contributed by atoms with van der Waals surface area (Å²) in [7, 11) is 0. The summed E-state index contributed by atoms with van der Waals surface area (Å²) in [5, 5.41) is 4.29. The summed E-state index contributed by atoms with van der Waals surface area (Å²) in [6, 6.07) is 5.98. The van der Waals surface area contributed by atoms with Crippen molar-refractivity contribution < 1.29 is 9.13 Å². The molecule has 0 radical (unpaired) electrons. The number of hydrogen-bond acceptors (Lipinski definition) is 2. The second-order valence-electron chi connectivity index (χ2n) is 3.63. The van der Waals surface area contributed by atoms with Gasteiger partial charge in [-0.05, 0) is 47.1 Å². The van der Waals surface area contributed by atoms with Crippen LogP contribution >= 0.6 is 15.9 Å². The van der Waals surface area contributed by atoms with E-state index < -0.39 is 0 Å². The molecule has 1 aromatic heterocycles. The predicted octanol–water partition coefficient (Wildman–Crippen LogP) is 3.17. The second-order valence-corrected chi connectivity index (χ2v) is 4.48. The van der Waals surface area contributed by atoms with Crippen LogP contribution in [0.5, 0.6) is 5.75 Å². The average molecular weight is 299 g/mol. The first kappa shape index (κ1) is 12.1. The Kier molecular flexibility index (Phi) is 3.78. The Bertz CT molecular complexity index is 476. The Morgan fingerprint density at radius 2 is 2.06 bits per heavy atom. The highest BCUT2D eigenvalue weighted by atomic mass is 79.9. The van der Waals surface area contributed by atoms with Gasteiger partial charge in [0.25, 0.3) is 0 Å². The molecule has 2 rings (SSSR count). The molecule has 0 bridgehead atoms. The first-order chi connectivity index (χ1) is 8.15. The van der Waals surface area contributed by atoms with E-state index >= 15 is 0 Å². The molecule has 0 fully saturated rings. The number of benzene rings is 1. The van der Waals surface area contributed by atoms with Gasteiger partial charge in [0.05, 0.1) is 16.7 Å². The Morgan fingerprint density at radius 1 is 1.35 bits per heavy atom. The topological polar surface area (TPSA) is 27.1 Å². The third-order valence-corrected chi connectivity index (χ3v) is 3.07. The van der Waals surface area contributed by atoms with Crippen molar-refractivity contribution in [2.45, 2.75) is 13.5 Å². The molecule has 0 saturated carbocycles. The minimum atomic E-state index is -0.260. The number of hydrogen-bond donors (Lipinski definition) is 0. The molecule has 0 aliphatic heterocycles. The number of nitrogens with zero attached hydrogens (tertiary/aromatic N) is 2. The molecule has 0 aliphatic carbocycles. The zero-order valence-electron chi connectivity index (χ0n) is 9.36. The van der Waals surface area contributed by atoms with Gasteiger partial charge in [0.1, 0.15) is 18.2 Å². The number of aryl methyl sites for hydroxylation is 1. The van der Waals surface area contributed by atoms with Gasteiger partial charge in [0.15, 0.2) is 0 Å². The van der Waals surface area contributed by atoms with Crippen molar-refractivity contribution in [2.24, 2.45) is 0 Å². The third kappa shape index (κ3) is 3.30. The maximum absolute atomic E-state index is 12.6. The molecule has 3 nitrogen and oxygen atoms in total. The molecule has 0 unspecified atom stereocenters. The smallest absolute Gasteiger partial charge is 0.123 e. The van der Waals surface area contributed by atoms with Crippen molar-refractivity contribution in [1.82, 2.24) is 9.78 Å². The SMILES string of the molecule is Cc1nn(CCOc2ccc(F)cc2)cc1Br. The lowest BCUT2D eigenvalue weighted by atomic mass is 10.3. The highest BCUT2D eigenvalue weighted by Crippen LogP contribution is 2.14. The molecule has 2 aromatic rings. The molecule has 0 amide bonds. The Labute approximate surface area is 107 Å². The normalized spacial score (nSPS) is 10.5. The van der Waals surface area contributed by atoms with Crippen molar-refractivity contribution >= 4 is 15.9 Å². The molecule has 17 heavy (non-hydrogen) atoms. The van der Waals surface area contributed by atoms with E-state index in [9.17, 15) is 4.39 Å². The van der Waals surface area contributed by atoms with Crippen molar-refractivity contribution in [3.8, 4) is 5.75 Å². The van der Waals surface area contributed by atoms with E-state index in [1.54, 1.807) is 12.1 Å². The Morgan fingerprint density at radius 3 is 2.65 bits per heavy atom. The minimum absolute atomic E-state index is 0.260. The fraction of sp³-hybridized carbons (Fsp3) is 0.250. The van der Waals surface area contributed by atoms with E-state index in [0.29, 0.717) is 18.9 Å². The van der Waals surface area contributed by atoms with Gasteiger partial charge in [0, 0.05) is 6.20 Å². The van der Waals surface area contributed by atoms with Crippen LogP contribution in [0.1, 0.15) is 5.69 Å². The summed E-state index contributed by atoms with van der Waals surface area (Å²) >= 11 is 3.40. The lowest BCUT2D eigenvalue weighted by molar-refractivity contribution is 0.290. The van der Waals surface area contributed by atoms with Crippen LogP contribution in [-0.4, -0.2) is 16.4 Å². The fourth-order valence-corrected chi connectivity index (χ4v) is 1.71. The van der Waals surface area contributed by atoms with E-state index in [-0.39, 0.29) is 5.82 Å². The van der Waals surface area contributed by atoms with Gasteiger partial charge in [-0.15, -0.1) is 0 Å². The molecule has 0 saturated heterocycles. The summed E-state index contributed by atoms with van der Waals surface area (Å²) in [5.41, 5.74) is 0.951. The van der Waals surface area contributed by atoms with Crippen LogP contribution in [0.15, 0.2) is 34.9 Å². The van der Waals surface area contributed by atoms with Crippen molar-refractivity contribution in [3.05, 3.63) is 46.4 Å². The summed E-state index contributed by atoms with van der Waals surface area (Å²) < 4.78 is 20.9. The van der Waals surface area contributed by atoms with Crippen molar-refractivity contribution in [2.75, 3.05) is 6.61 Å². The predicted molar refractivity (Wildman–Crippen MR) is 66.6 cm³/mol. The summed E-state index contributed by atoms with van der Waals surface area (Å²) in [4.78, 5) is 0. The van der Waals surface area contributed by atoms with E-state index in [2.05, 4.69) is 21.0 Å². The maximum atomic E-state index is 12.6. The summed E-state index contributed by atoms with van der Waals surface area (Å²) in [6.07, 6.45) is 1.91. The first-order valence-electron chi connectivity index (χ1n) is 5.23. The lowest BCUT2D eigenvalue weighted by Crippen LogP contribution is -2.08. The van der Waals surface area contributed by atoms with Crippen LogP contribution in [0.2, 0.25) is 0 Å². The van der Waals surface area contributed by atoms with E-state index in [1.807, 2.05) is 17.8 Å². The number of halogens is 2. The molecule has 5 heteroatoms. The zero-order valence-corrected chi connectivity index (χ0v) is 10.9. The van der Waals surface area contributed by atoms with Gasteiger partial charge < -0.3 is 4.74 Å². The van der Waals surface area contributed by atoms with Crippen molar-refractivity contribution in [3.63, 3.8) is 0 Å². The molecule has 1 heterocycles. The average Bonchev–Trinajstić information content (AvgIpc) is 2.61. The quantitative estimate of drug-likeness (QED) is 0.867. The Hall–Kier alpha value is -1.36. The Balaban J connectivity index is 1.85. The van der Waals surface area contributed by atoms with Crippen LogP contribution in [0, 0.1) is 12.7 Å². The van der Waals surface area contributed by atoms with Crippen LogP contribution < -0.4 is 4.74 Å². The second kappa shape index (κ2) is 5.31. The van der Waals surface area contributed by atoms with Gasteiger partial charge in [-0.1, -0.05) is 0 Å². The number of aromatic nitrogens is 2. The van der Waals surface area contributed by atoms with Crippen molar-refractivity contribution in [1.29, 1.82) is 0 Å². The standard InChI is InChI=1S/C12H12BrFN2O/c1-9-12(13)8-16(15-9)6-7-17-11-4-2-10(14)3-5-11/h2-5,8H,6-7H2,1H3. The van der Waals surface area contributed by atoms with Gasteiger partial charge in [-0.2, -0.15) is 5.10 Å². The molecule has 0 N–H and O–H groups in total. The largest absolute Gasteiger partial charge is 0.492 e. The highest BCUT2D eigenvalue weighted by molar-refractivity contribution is 9.10. The third-order valence-electron chi connectivity index (χ3n) is 2.29. The molecular formula is C12H12BrFN2O. The fourth-order valence-electron chi connectivity index (χ4n) is 1.40. The molecular weight excluding hydrogens is 287 g/mol. The van der Waals surface area contributed by atoms with Crippen LogP contribution in [0.3, 0.4) is 0 Å². The summed E-state index contributed by atoms with van der Waals surface area (Å²) in [5.74, 6) is 0.401. The molecule has 1 aromatic carbocycles. The molecule has 0 spiro atoms. The van der Waals surface area contributed by atoms with Gasteiger partial charge in [-0.3, -0.25) is 4.68 Å². The van der Waals surface area contributed by atoms with Gasteiger partial charge in [0.2, 0.25) is 0 Å². The van der Waals surface area contributed by atoms with Gasteiger partial charge >= 0.3 is 0 Å². The minimum Gasteiger partial charge on any atom is -0.492 e. The van der Waals surface area contributed by atoms with Crippen LogP contribution in [-0.2, 0) is 6.54 Å². The maximum Gasteiger partial charge on any atom is 0.123 e. The van der Waals surface area contributed by atoms with Crippen LogP contribution in [0.25, 0.3) is 0 Å². The zero-order chi connectivity index (χ0) is 12.3. The molecule has 0 atom stereocenters. The molecule has 0 aliphatic rings. The van der Waals surface area contributed by atoms with E-state index in [1.165, 1.54) is 12.1 Å². The highest BCUT2D eigenvalue weighted by Gasteiger charge is 2.01. The first-order valence-corrected chi connectivity index (χ1v) is 6.02. The van der Waals surface area contributed by atoms with Crippen LogP contribution in [0.4, 0.5) is 4.39 Å². The van der Waals surface area contributed by atoms with E-state index in [0.717, 1.165) is 10.2 Å². The molecule has 90 valence electrons.